The second-order valence-electron chi connectivity index (χ2n) is 14.4. The van der Waals surface area contributed by atoms with Gasteiger partial charge in [-0.3, -0.25) is 34.3 Å². The van der Waals surface area contributed by atoms with Crippen LogP contribution in [-0.2, 0) is 22.6 Å². The number of para-hydroxylation sites is 1. The molecule has 0 radical (unpaired) electrons. The van der Waals surface area contributed by atoms with Crippen molar-refractivity contribution in [3.63, 3.8) is 0 Å². The first-order valence-electron chi connectivity index (χ1n) is 19.4. The average molecular weight is 751 g/mol. The van der Waals surface area contributed by atoms with Gasteiger partial charge in [0, 0.05) is 55.0 Å². The lowest BCUT2D eigenvalue weighted by Crippen LogP contribution is -2.52. The molecule has 56 heavy (non-hydrogen) atoms. The number of nitrogens with one attached hydrogen (secondary N) is 4. The Bertz CT molecular complexity index is 2270. The lowest BCUT2D eigenvalue weighted by atomic mass is 9.98. The molecule has 0 spiro atoms. The van der Waals surface area contributed by atoms with Gasteiger partial charge < -0.3 is 20.9 Å². The minimum atomic E-state index is -0.601. The molecule has 0 aliphatic carbocycles. The van der Waals surface area contributed by atoms with Crippen LogP contribution in [-0.4, -0.2) is 59.1 Å². The zero-order valence-electron chi connectivity index (χ0n) is 31.5. The van der Waals surface area contributed by atoms with Crippen LogP contribution in [0.5, 0.6) is 0 Å². The fraction of sp³-hybridized carbons (Fsp3) is 0.289. The Morgan fingerprint density at radius 3 is 2.34 bits per heavy atom. The maximum atomic E-state index is 13.1. The molecule has 11 nitrogen and oxygen atoms in total. The largest absolute Gasteiger partial charge is 0.355 e. The van der Waals surface area contributed by atoms with Crippen molar-refractivity contribution in [2.75, 3.05) is 18.9 Å². The number of carbonyl (C=O) groups excluding carboxylic acids is 5. The SMILES string of the molecule is CNC(=O)c1cnc2ccc(-c3ccc(C(=O)NCCCCCCCCc4cccc5c4CN(C4CCC(=O)NC4=O)C5=O)cc3)cc2c1Nc1ccccc1. The quantitative estimate of drug-likeness (QED) is 0.0660. The van der Waals surface area contributed by atoms with Gasteiger partial charge in [-0.1, -0.05) is 74.2 Å². The Labute approximate surface area is 326 Å². The Morgan fingerprint density at radius 2 is 1.57 bits per heavy atom. The van der Waals surface area contributed by atoms with Crippen LogP contribution in [0.2, 0.25) is 0 Å². The number of carbonyl (C=O) groups is 5. The molecule has 7 rings (SSSR count). The number of hydrogen-bond donors (Lipinski definition) is 4. The molecule has 0 bridgehead atoms. The summed E-state index contributed by atoms with van der Waals surface area (Å²) in [7, 11) is 1.60. The minimum absolute atomic E-state index is 0.103. The molecule has 4 aromatic carbocycles. The van der Waals surface area contributed by atoms with E-state index >= 15 is 0 Å². The molecular weight excluding hydrogens is 705 g/mol. The van der Waals surface area contributed by atoms with Gasteiger partial charge in [-0.15, -0.1) is 0 Å². The Morgan fingerprint density at radius 1 is 0.821 bits per heavy atom. The highest BCUT2D eigenvalue weighted by Crippen LogP contribution is 2.34. The van der Waals surface area contributed by atoms with E-state index in [0.717, 1.165) is 83.8 Å². The van der Waals surface area contributed by atoms with Crippen LogP contribution in [0.4, 0.5) is 11.4 Å². The molecule has 1 unspecified atom stereocenters. The van der Waals surface area contributed by atoms with Gasteiger partial charge >= 0.3 is 0 Å². The number of benzene rings is 4. The van der Waals surface area contributed by atoms with Crippen LogP contribution in [0, 0.1) is 0 Å². The number of fused-ring (bicyclic) bond motifs is 2. The predicted octanol–water partition coefficient (Wildman–Crippen LogP) is 7.08. The maximum Gasteiger partial charge on any atom is 0.255 e. The molecule has 1 aromatic heterocycles. The summed E-state index contributed by atoms with van der Waals surface area (Å²) < 4.78 is 0. The lowest BCUT2D eigenvalue weighted by Gasteiger charge is -2.29. The van der Waals surface area contributed by atoms with E-state index in [1.54, 1.807) is 18.1 Å². The molecule has 5 amide bonds. The maximum absolute atomic E-state index is 13.1. The summed E-state index contributed by atoms with van der Waals surface area (Å²) in [6.07, 6.45) is 9.24. The highest BCUT2D eigenvalue weighted by Gasteiger charge is 2.39. The average Bonchev–Trinajstić information content (AvgIpc) is 3.56. The van der Waals surface area contributed by atoms with Crippen LogP contribution in [0.25, 0.3) is 22.0 Å². The number of amides is 5. The highest BCUT2D eigenvalue weighted by molar-refractivity contribution is 6.09. The predicted molar refractivity (Wildman–Crippen MR) is 217 cm³/mol. The second-order valence-corrected chi connectivity index (χ2v) is 14.4. The lowest BCUT2D eigenvalue weighted by molar-refractivity contribution is -0.136. The number of aryl methyl sites for hydroxylation is 1. The van der Waals surface area contributed by atoms with Crippen molar-refractivity contribution in [2.24, 2.45) is 0 Å². The Balaban J connectivity index is 0.855. The van der Waals surface area contributed by atoms with Crippen LogP contribution in [0.3, 0.4) is 0 Å². The van der Waals surface area contributed by atoms with Gasteiger partial charge in [0.15, 0.2) is 0 Å². The molecule has 286 valence electrons. The van der Waals surface area contributed by atoms with Gasteiger partial charge in [0.25, 0.3) is 17.7 Å². The molecule has 11 heteroatoms. The zero-order valence-corrected chi connectivity index (χ0v) is 31.5. The summed E-state index contributed by atoms with van der Waals surface area (Å²) in [6.45, 7) is 1.02. The fourth-order valence-corrected chi connectivity index (χ4v) is 7.63. The first-order chi connectivity index (χ1) is 27.3. The molecule has 3 heterocycles. The first-order valence-corrected chi connectivity index (χ1v) is 19.4. The van der Waals surface area contributed by atoms with E-state index in [0.29, 0.717) is 41.9 Å². The van der Waals surface area contributed by atoms with Crippen molar-refractivity contribution in [1.82, 2.24) is 25.8 Å². The third-order valence-electron chi connectivity index (χ3n) is 10.7. The summed E-state index contributed by atoms with van der Waals surface area (Å²) in [6, 6.07) is 28.4. The van der Waals surface area contributed by atoms with Crippen molar-refractivity contribution >= 4 is 51.8 Å². The number of hydrogen-bond acceptors (Lipinski definition) is 7. The molecule has 1 saturated heterocycles. The van der Waals surface area contributed by atoms with Gasteiger partial charge in [0.1, 0.15) is 6.04 Å². The van der Waals surface area contributed by atoms with Crippen LogP contribution in [0.1, 0.15) is 93.6 Å². The Kier molecular flexibility index (Phi) is 11.8. The van der Waals surface area contributed by atoms with Crippen LogP contribution in [0.15, 0.2) is 97.2 Å². The number of rotatable bonds is 15. The van der Waals surface area contributed by atoms with Gasteiger partial charge in [-0.2, -0.15) is 0 Å². The van der Waals surface area contributed by atoms with Crippen LogP contribution < -0.4 is 21.3 Å². The smallest absolute Gasteiger partial charge is 0.255 e. The van der Waals surface area contributed by atoms with E-state index in [1.807, 2.05) is 84.9 Å². The van der Waals surface area contributed by atoms with Crippen molar-refractivity contribution < 1.29 is 24.0 Å². The first kappa shape index (κ1) is 37.9. The van der Waals surface area contributed by atoms with Gasteiger partial charge in [-0.25, -0.2) is 0 Å². The van der Waals surface area contributed by atoms with Crippen molar-refractivity contribution in [1.29, 1.82) is 0 Å². The standard InChI is InChI=1S/C45H46N6O5/c1-46-43(54)36-27-48-38-22-21-32(26-35(38)41(36)49-33-14-8-6-9-15-33)29-17-19-31(20-18-29)42(53)47-25-10-5-3-2-4-7-12-30-13-11-16-34-37(30)28-51(45(34)56)39-23-24-40(52)50-44(39)55/h6,8-9,11,13-22,26-27,39H,2-5,7,10,12,23-25,28H2,1H3,(H,46,54)(H,47,53)(H,48,49)(H,50,52,55). The zero-order chi connectivity index (χ0) is 39.0. The van der Waals surface area contributed by atoms with E-state index in [4.69, 9.17) is 0 Å². The minimum Gasteiger partial charge on any atom is -0.355 e. The van der Waals surface area contributed by atoms with Crippen molar-refractivity contribution in [3.05, 3.63) is 125 Å². The van der Waals surface area contributed by atoms with Crippen molar-refractivity contribution in [3.8, 4) is 11.1 Å². The molecule has 5 aromatic rings. The van der Waals surface area contributed by atoms with Crippen LogP contribution >= 0.6 is 0 Å². The number of nitrogens with zero attached hydrogens (tertiary/aromatic N) is 2. The molecule has 2 aliphatic rings. The molecule has 2 aliphatic heterocycles. The topological polar surface area (TPSA) is 150 Å². The molecule has 0 saturated carbocycles. The molecular formula is C45H46N6O5. The number of anilines is 2. The van der Waals surface area contributed by atoms with E-state index in [-0.39, 0.29) is 36.0 Å². The van der Waals surface area contributed by atoms with E-state index in [2.05, 4.69) is 32.3 Å². The highest BCUT2D eigenvalue weighted by atomic mass is 16.2. The van der Waals surface area contributed by atoms with E-state index in [1.165, 1.54) is 0 Å². The third-order valence-corrected chi connectivity index (χ3v) is 10.7. The fourth-order valence-electron chi connectivity index (χ4n) is 7.63. The molecule has 4 N–H and O–H groups in total. The monoisotopic (exact) mass is 750 g/mol. The number of aromatic nitrogens is 1. The normalized spacial score (nSPS) is 15.1. The molecule has 1 fully saturated rings. The summed E-state index contributed by atoms with van der Waals surface area (Å²) in [5, 5.41) is 12.4. The number of pyridine rings is 1. The van der Waals surface area contributed by atoms with Gasteiger partial charge in [-0.05, 0) is 90.4 Å². The van der Waals surface area contributed by atoms with Crippen molar-refractivity contribution in [2.45, 2.75) is 70.4 Å². The Hall–Kier alpha value is -6.36. The number of unbranched alkanes of at least 4 members (excludes halogenated alkanes) is 5. The third kappa shape index (κ3) is 8.47. The summed E-state index contributed by atoms with van der Waals surface area (Å²) in [5.41, 5.74) is 8.03. The summed E-state index contributed by atoms with van der Waals surface area (Å²) >= 11 is 0. The summed E-state index contributed by atoms with van der Waals surface area (Å²) in [5.74, 6) is -1.14. The van der Waals surface area contributed by atoms with E-state index < -0.39 is 6.04 Å². The summed E-state index contributed by atoms with van der Waals surface area (Å²) in [4.78, 5) is 69.0. The van der Waals surface area contributed by atoms with E-state index in [9.17, 15) is 24.0 Å². The van der Waals surface area contributed by atoms with Gasteiger partial charge in [0.05, 0.1) is 16.8 Å². The van der Waals surface area contributed by atoms with Gasteiger partial charge in [0.2, 0.25) is 11.8 Å². The second kappa shape index (κ2) is 17.4. The number of piperidine rings is 1. The number of imide groups is 1. The molecule has 1 atom stereocenters.